The number of ether oxygens (including phenoxy) is 1. The molecule has 0 aliphatic rings. The van der Waals surface area contributed by atoms with E-state index in [9.17, 15) is 35.9 Å². The van der Waals surface area contributed by atoms with Gasteiger partial charge in [0.25, 0.3) is 5.91 Å². The number of carboxylic acids is 1. The summed E-state index contributed by atoms with van der Waals surface area (Å²) < 4.78 is 80.5. The molecule has 134 valence electrons. The summed E-state index contributed by atoms with van der Waals surface area (Å²) in [5.41, 5.74) is -4.04. The van der Waals surface area contributed by atoms with E-state index in [-0.39, 0.29) is 19.2 Å². The SMILES string of the molecule is O=C(O)COCCNC(=O)c1cc(C(F)(F)F)cc(C(F)(F)F)c1. The summed E-state index contributed by atoms with van der Waals surface area (Å²) in [7, 11) is 0. The zero-order chi connectivity index (χ0) is 18.5. The fraction of sp³-hybridized carbons (Fsp3) is 0.385. The smallest absolute Gasteiger partial charge is 0.416 e. The van der Waals surface area contributed by atoms with Crippen molar-refractivity contribution in [3.05, 3.63) is 34.9 Å². The Morgan fingerprint density at radius 1 is 1.00 bits per heavy atom. The molecule has 0 atom stereocenters. The van der Waals surface area contributed by atoms with Crippen molar-refractivity contribution in [2.24, 2.45) is 0 Å². The summed E-state index contributed by atoms with van der Waals surface area (Å²) in [6, 6.07) is 0.498. The van der Waals surface area contributed by atoms with Gasteiger partial charge >= 0.3 is 18.3 Å². The van der Waals surface area contributed by atoms with Gasteiger partial charge in [-0.25, -0.2) is 4.79 Å². The molecule has 1 aromatic rings. The third kappa shape index (κ3) is 6.07. The van der Waals surface area contributed by atoms with Crippen LogP contribution in [0.4, 0.5) is 26.3 Å². The van der Waals surface area contributed by atoms with Gasteiger partial charge in [-0.2, -0.15) is 26.3 Å². The lowest BCUT2D eigenvalue weighted by Gasteiger charge is -2.14. The number of halogens is 6. The molecular formula is C13H11F6NO4. The first-order chi connectivity index (χ1) is 10.9. The highest BCUT2D eigenvalue weighted by Crippen LogP contribution is 2.36. The van der Waals surface area contributed by atoms with E-state index in [1.54, 1.807) is 0 Å². The largest absolute Gasteiger partial charge is 0.480 e. The molecule has 0 unspecified atom stereocenters. The van der Waals surface area contributed by atoms with E-state index in [2.05, 4.69) is 4.74 Å². The number of aliphatic carboxylic acids is 1. The van der Waals surface area contributed by atoms with E-state index >= 15 is 0 Å². The standard InChI is InChI=1S/C13H11F6NO4/c14-12(15,16)8-3-7(4-9(5-8)13(17,18)19)11(23)20-1-2-24-6-10(21)22/h3-5H,1-2,6H2,(H,20,23)(H,21,22). The van der Waals surface area contributed by atoms with E-state index < -0.39 is 47.5 Å². The van der Waals surface area contributed by atoms with E-state index in [0.29, 0.717) is 12.1 Å². The van der Waals surface area contributed by atoms with Gasteiger partial charge in [0.1, 0.15) is 6.61 Å². The van der Waals surface area contributed by atoms with Crippen LogP contribution >= 0.6 is 0 Å². The number of carboxylic acid groups (broad SMARTS) is 1. The number of amides is 1. The second kappa shape index (κ2) is 7.51. The van der Waals surface area contributed by atoms with E-state index in [4.69, 9.17) is 5.11 Å². The third-order valence-corrected chi connectivity index (χ3v) is 2.61. The van der Waals surface area contributed by atoms with Crippen molar-refractivity contribution < 1.29 is 45.8 Å². The van der Waals surface area contributed by atoms with Crippen molar-refractivity contribution in [1.29, 1.82) is 0 Å². The minimum atomic E-state index is -5.05. The van der Waals surface area contributed by atoms with Crippen molar-refractivity contribution in [3.8, 4) is 0 Å². The summed E-state index contributed by atoms with van der Waals surface area (Å²) in [6.45, 7) is -1.22. The molecule has 1 amide bonds. The lowest BCUT2D eigenvalue weighted by Crippen LogP contribution is -2.28. The number of benzene rings is 1. The minimum absolute atomic E-state index is 0.0905. The molecule has 0 aliphatic carbocycles. The third-order valence-electron chi connectivity index (χ3n) is 2.61. The van der Waals surface area contributed by atoms with Gasteiger partial charge in [0, 0.05) is 12.1 Å². The van der Waals surface area contributed by atoms with Crippen LogP contribution in [0.5, 0.6) is 0 Å². The molecule has 1 rings (SSSR count). The molecule has 0 heterocycles. The normalized spacial score (nSPS) is 12.1. The van der Waals surface area contributed by atoms with Gasteiger partial charge in [0.2, 0.25) is 0 Å². The Kier molecular flexibility index (Phi) is 6.18. The summed E-state index contributed by atoms with van der Waals surface area (Å²) in [5, 5.41) is 10.3. The minimum Gasteiger partial charge on any atom is -0.480 e. The zero-order valence-electron chi connectivity index (χ0n) is 11.8. The topological polar surface area (TPSA) is 75.6 Å². The average Bonchev–Trinajstić information content (AvgIpc) is 2.44. The van der Waals surface area contributed by atoms with Crippen molar-refractivity contribution in [2.45, 2.75) is 12.4 Å². The predicted molar refractivity (Wildman–Crippen MR) is 67.2 cm³/mol. The van der Waals surface area contributed by atoms with E-state index in [1.165, 1.54) is 0 Å². The Morgan fingerprint density at radius 2 is 1.50 bits per heavy atom. The number of alkyl halides is 6. The Bertz CT molecular complexity index is 579. The van der Waals surface area contributed by atoms with Gasteiger partial charge < -0.3 is 15.2 Å². The molecule has 0 spiro atoms. The first-order valence-electron chi connectivity index (χ1n) is 6.28. The molecule has 5 nitrogen and oxygen atoms in total. The maximum absolute atomic E-state index is 12.7. The molecule has 0 fully saturated rings. The lowest BCUT2D eigenvalue weighted by molar-refractivity contribution is -0.143. The lowest BCUT2D eigenvalue weighted by atomic mass is 10.0. The Hall–Kier alpha value is -2.30. The van der Waals surface area contributed by atoms with Gasteiger partial charge in [-0.1, -0.05) is 0 Å². The van der Waals surface area contributed by atoms with Crippen LogP contribution in [0.2, 0.25) is 0 Å². The predicted octanol–water partition coefficient (Wildman–Crippen LogP) is 2.56. The van der Waals surface area contributed by atoms with Crippen LogP contribution in [0.25, 0.3) is 0 Å². The van der Waals surface area contributed by atoms with Crippen LogP contribution in [-0.4, -0.2) is 36.7 Å². The molecule has 0 aliphatic heterocycles. The average molecular weight is 359 g/mol. The highest BCUT2D eigenvalue weighted by Gasteiger charge is 2.37. The number of carbonyl (C=O) groups excluding carboxylic acids is 1. The number of hydrogen-bond donors (Lipinski definition) is 2. The van der Waals surface area contributed by atoms with Crippen molar-refractivity contribution >= 4 is 11.9 Å². The van der Waals surface area contributed by atoms with Gasteiger partial charge in [0.05, 0.1) is 17.7 Å². The number of carbonyl (C=O) groups is 2. The van der Waals surface area contributed by atoms with Crippen LogP contribution in [0.1, 0.15) is 21.5 Å². The maximum atomic E-state index is 12.7. The van der Waals surface area contributed by atoms with Gasteiger partial charge in [-0.05, 0) is 18.2 Å². The number of hydrogen-bond acceptors (Lipinski definition) is 3. The second-order valence-electron chi connectivity index (χ2n) is 4.50. The van der Waals surface area contributed by atoms with Crippen molar-refractivity contribution in [2.75, 3.05) is 19.8 Å². The summed E-state index contributed by atoms with van der Waals surface area (Å²) in [4.78, 5) is 21.8. The highest BCUT2D eigenvalue weighted by atomic mass is 19.4. The van der Waals surface area contributed by atoms with Gasteiger partial charge in [-0.15, -0.1) is 0 Å². The Balaban J connectivity index is 2.89. The van der Waals surface area contributed by atoms with Crippen LogP contribution in [-0.2, 0) is 21.9 Å². The summed E-state index contributed by atoms with van der Waals surface area (Å²) in [6.07, 6.45) is -10.1. The van der Waals surface area contributed by atoms with E-state index in [1.807, 2.05) is 5.32 Å². The van der Waals surface area contributed by atoms with E-state index in [0.717, 1.165) is 0 Å². The monoisotopic (exact) mass is 359 g/mol. The summed E-state index contributed by atoms with van der Waals surface area (Å²) in [5.74, 6) is -2.44. The molecule has 24 heavy (non-hydrogen) atoms. The van der Waals surface area contributed by atoms with Gasteiger partial charge in [-0.3, -0.25) is 4.79 Å². The molecule has 11 heteroatoms. The maximum Gasteiger partial charge on any atom is 0.416 e. The first-order valence-corrected chi connectivity index (χ1v) is 6.28. The van der Waals surface area contributed by atoms with Crippen molar-refractivity contribution in [3.63, 3.8) is 0 Å². The van der Waals surface area contributed by atoms with Crippen LogP contribution in [0, 0.1) is 0 Å². The molecule has 0 saturated carbocycles. The molecule has 0 aromatic heterocycles. The molecule has 0 bridgehead atoms. The zero-order valence-corrected chi connectivity index (χ0v) is 11.8. The number of rotatable bonds is 6. The van der Waals surface area contributed by atoms with Crippen molar-refractivity contribution in [1.82, 2.24) is 5.32 Å². The number of nitrogens with one attached hydrogen (secondary N) is 1. The Morgan fingerprint density at radius 3 is 1.92 bits per heavy atom. The van der Waals surface area contributed by atoms with Crippen LogP contribution in [0.3, 0.4) is 0 Å². The molecule has 0 saturated heterocycles. The second-order valence-corrected chi connectivity index (χ2v) is 4.50. The quantitative estimate of drug-likeness (QED) is 0.605. The molecular weight excluding hydrogens is 348 g/mol. The Labute approximate surface area is 131 Å². The molecule has 0 radical (unpaired) electrons. The van der Waals surface area contributed by atoms with Crippen LogP contribution in [0.15, 0.2) is 18.2 Å². The van der Waals surface area contributed by atoms with Gasteiger partial charge in [0.15, 0.2) is 0 Å². The molecule has 2 N–H and O–H groups in total. The molecule has 1 aromatic carbocycles. The highest BCUT2D eigenvalue weighted by molar-refractivity contribution is 5.94. The first kappa shape index (κ1) is 19.7. The fourth-order valence-electron chi connectivity index (χ4n) is 1.58. The fourth-order valence-corrected chi connectivity index (χ4v) is 1.58. The van der Waals surface area contributed by atoms with Crippen LogP contribution < -0.4 is 5.32 Å². The summed E-state index contributed by atoms with van der Waals surface area (Å²) >= 11 is 0.